The standard InChI is InChI=1S/C38H32N8O12S3/c1-3-57-35-21-28(42-41-26-7-5-9-30(18-26)61(54,55)56)13-15-33(35)45-44-32-14-12-27(20-34(32)39-22(2)47)43-46-37-36(58-59(49)50)16-23-10-11-25(19-31(23)38(37)48)40-24-6-4-8-29(17-24)60(51,52)53/h4-21,40,48H,3H2,1-2H3,(H,39,47)(H,49,50)(H,51,52,53)(H,54,55,56). The average Bonchev–Trinajstić information content (AvgIpc) is 3.19. The van der Waals surface area contributed by atoms with E-state index in [-0.39, 0.29) is 67.4 Å². The van der Waals surface area contributed by atoms with Crippen LogP contribution in [0.3, 0.4) is 0 Å². The SMILES string of the molecule is CCOc1cc(N=Nc2cccc(S(=O)(=O)O)c2)ccc1N=Nc1ccc(N=Nc2c(OS(=O)O)cc3ccc(Nc4cccc(S(=O)(=O)O)c4)cc3c2O)cc1NC(C)=O. The van der Waals surface area contributed by atoms with Gasteiger partial charge in [0.1, 0.15) is 17.1 Å². The highest BCUT2D eigenvalue weighted by molar-refractivity contribution is 7.86. The van der Waals surface area contributed by atoms with Crippen molar-refractivity contribution in [2.75, 3.05) is 17.2 Å². The first kappa shape index (κ1) is 43.6. The van der Waals surface area contributed by atoms with E-state index in [1.165, 1.54) is 79.7 Å². The molecule has 61 heavy (non-hydrogen) atoms. The highest BCUT2D eigenvalue weighted by atomic mass is 32.2. The van der Waals surface area contributed by atoms with Crippen LogP contribution in [-0.2, 0) is 36.4 Å². The van der Waals surface area contributed by atoms with Crippen LogP contribution in [0.2, 0.25) is 0 Å². The van der Waals surface area contributed by atoms with Crippen molar-refractivity contribution in [2.45, 2.75) is 23.6 Å². The van der Waals surface area contributed by atoms with Crippen LogP contribution in [0.1, 0.15) is 13.8 Å². The number of aromatic hydroxyl groups is 1. The Morgan fingerprint density at radius 1 is 0.689 bits per heavy atom. The van der Waals surface area contributed by atoms with Crippen molar-refractivity contribution in [3.8, 4) is 17.2 Å². The highest BCUT2D eigenvalue weighted by Gasteiger charge is 2.18. The summed E-state index contributed by atoms with van der Waals surface area (Å²) < 4.78 is 96.9. The van der Waals surface area contributed by atoms with Gasteiger partial charge in [-0.2, -0.15) is 36.4 Å². The Balaban J connectivity index is 1.29. The lowest BCUT2D eigenvalue weighted by Gasteiger charge is -2.12. The molecule has 6 aromatic carbocycles. The van der Waals surface area contributed by atoms with E-state index in [1.54, 1.807) is 37.3 Å². The maximum atomic E-state index is 12.2. The molecule has 0 saturated carbocycles. The third-order valence-electron chi connectivity index (χ3n) is 8.10. The van der Waals surface area contributed by atoms with Crippen LogP contribution in [0, 0.1) is 0 Å². The van der Waals surface area contributed by atoms with Gasteiger partial charge in [-0.25, -0.2) is 0 Å². The molecule has 6 aromatic rings. The van der Waals surface area contributed by atoms with E-state index in [9.17, 15) is 44.6 Å². The normalized spacial score (nSPS) is 12.6. The zero-order valence-corrected chi connectivity index (χ0v) is 34.0. The number of azo groups is 3. The van der Waals surface area contributed by atoms with Crippen molar-refractivity contribution in [2.24, 2.45) is 30.7 Å². The topological polar surface area (TPSA) is 300 Å². The molecule has 0 heterocycles. The summed E-state index contributed by atoms with van der Waals surface area (Å²) in [6.07, 6.45) is 0. The zero-order valence-electron chi connectivity index (χ0n) is 31.6. The van der Waals surface area contributed by atoms with Crippen LogP contribution < -0.4 is 19.6 Å². The van der Waals surface area contributed by atoms with Crippen LogP contribution in [-0.4, -0.2) is 52.3 Å². The Labute approximate surface area is 349 Å². The first-order valence-electron chi connectivity index (χ1n) is 17.4. The lowest BCUT2D eigenvalue weighted by atomic mass is 10.1. The number of rotatable bonds is 15. The summed E-state index contributed by atoms with van der Waals surface area (Å²) in [7, 11) is -8.91. The predicted molar refractivity (Wildman–Crippen MR) is 224 cm³/mol. The monoisotopic (exact) mass is 888 g/mol. The molecule has 1 amide bonds. The summed E-state index contributed by atoms with van der Waals surface area (Å²) in [5, 5.41) is 42.6. The summed E-state index contributed by atoms with van der Waals surface area (Å²) in [6.45, 7) is 3.27. The quantitative estimate of drug-likeness (QED) is 0.0318. The lowest BCUT2D eigenvalue weighted by molar-refractivity contribution is -0.114. The number of carbonyl (C=O) groups is 1. The number of carbonyl (C=O) groups excluding carboxylic acids is 1. The van der Waals surface area contributed by atoms with Crippen molar-refractivity contribution in [3.05, 3.63) is 109 Å². The Hall–Kier alpha value is -7.02. The van der Waals surface area contributed by atoms with Gasteiger partial charge in [0.15, 0.2) is 17.2 Å². The van der Waals surface area contributed by atoms with Crippen LogP contribution in [0.25, 0.3) is 10.8 Å². The number of anilines is 3. The molecular weight excluding hydrogens is 857 g/mol. The number of hydrogen-bond donors (Lipinski definition) is 6. The molecule has 0 fully saturated rings. The number of phenolic OH excluding ortho intramolecular Hbond substituents is 1. The van der Waals surface area contributed by atoms with E-state index in [4.69, 9.17) is 8.92 Å². The third-order valence-corrected chi connectivity index (χ3v) is 10.1. The maximum Gasteiger partial charge on any atom is 0.357 e. The van der Waals surface area contributed by atoms with Crippen molar-refractivity contribution in [3.63, 3.8) is 0 Å². The molecule has 314 valence electrons. The predicted octanol–water partition coefficient (Wildman–Crippen LogP) is 9.90. The third kappa shape index (κ3) is 11.4. The van der Waals surface area contributed by atoms with Gasteiger partial charge in [-0.3, -0.25) is 18.5 Å². The first-order valence-corrected chi connectivity index (χ1v) is 21.3. The van der Waals surface area contributed by atoms with Crippen LogP contribution >= 0.6 is 0 Å². The fourth-order valence-electron chi connectivity index (χ4n) is 5.48. The number of fused-ring (bicyclic) bond motifs is 1. The molecule has 1 atom stereocenters. The van der Waals surface area contributed by atoms with Crippen molar-refractivity contribution in [1.29, 1.82) is 0 Å². The van der Waals surface area contributed by atoms with Crippen molar-refractivity contribution >= 4 is 99.5 Å². The molecule has 1 unspecified atom stereocenters. The number of nitrogens with one attached hydrogen (secondary N) is 2. The molecule has 0 aliphatic heterocycles. The largest absolute Gasteiger partial charge is 0.505 e. The summed E-state index contributed by atoms with van der Waals surface area (Å²) in [5.41, 5.74) is 1.62. The van der Waals surface area contributed by atoms with Crippen LogP contribution in [0.15, 0.2) is 150 Å². The summed E-state index contributed by atoms with van der Waals surface area (Å²) in [5.74, 6) is -0.979. The van der Waals surface area contributed by atoms with Gasteiger partial charge in [0, 0.05) is 29.8 Å². The molecule has 6 rings (SSSR count). The summed E-state index contributed by atoms with van der Waals surface area (Å²) in [4.78, 5) is 11.5. The second kappa shape index (κ2) is 18.5. The molecule has 0 spiro atoms. The second-order valence-corrected chi connectivity index (χ2v) is 15.9. The van der Waals surface area contributed by atoms with Crippen LogP contribution in [0.4, 0.5) is 51.2 Å². The number of amides is 1. The number of phenols is 1. The molecule has 23 heteroatoms. The minimum atomic E-state index is -4.47. The van der Waals surface area contributed by atoms with Crippen LogP contribution in [0.5, 0.6) is 17.2 Å². The maximum absolute atomic E-state index is 12.2. The second-order valence-electron chi connectivity index (χ2n) is 12.5. The molecule has 0 aliphatic rings. The van der Waals surface area contributed by atoms with Gasteiger partial charge in [-0.05, 0) is 97.2 Å². The molecule has 0 bridgehead atoms. The van der Waals surface area contributed by atoms with E-state index >= 15 is 0 Å². The minimum Gasteiger partial charge on any atom is -0.505 e. The van der Waals surface area contributed by atoms with Gasteiger partial charge >= 0.3 is 11.4 Å². The summed E-state index contributed by atoms with van der Waals surface area (Å²) >= 11 is -2.83. The van der Waals surface area contributed by atoms with Gasteiger partial charge in [0.05, 0.1) is 39.1 Å². The number of nitrogens with zero attached hydrogens (tertiary/aromatic N) is 6. The fourth-order valence-corrected chi connectivity index (χ4v) is 6.80. The number of ether oxygens (including phenoxy) is 1. The van der Waals surface area contributed by atoms with Gasteiger partial charge in [0.25, 0.3) is 20.2 Å². The highest BCUT2D eigenvalue weighted by Crippen LogP contribution is 2.45. The zero-order chi connectivity index (χ0) is 43.9. The smallest absolute Gasteiger partial charge is 0.357 e. The molecule has 0 saturated heterocycles. The minimum absolute atomic E-state index is 0.138. The molecule has 6 N–H and O–H groups in total. The Bertz CT molecular complexity index is 3020. The number of benzene rings is 6. The lowest BCUT2D eigenvalue weighted by Crippen LogP contribution is -2.05. The van der Waals surface area contributed by atoms with Crippen molar-refractivity contribution < 1.29 is 53.5 Å². The van der Waals surface area contributed by atoms with Gasteiger partial charge in [-0.1, -0.05) is 18.2 Å². The Morgan fingerprint density at radius 2 is 1.30 bits per heavy atom. The average molecular weight is 889 g/mol. The molecule has 0 aliphatic carbocycles. The van der Waals surface area contributed by atoms with Gasteiger partial charge in [-0.15, -0.1) is 15.3 Å². The van der Waals surface area contributed by atoms with Crippen molar-refractivity contribution in [1.82, 2.24) is 0 Å². The van der Waals surface area contributed by atoms with E-state index in [0.717, 1.165) is 6.07 Å². The van der Waals surface area contributed by atoms with E-state index < -0.39 is 43.3 Å². The number of hydrogen-bond acceptors (Lipinski definition) is 16. The molecule has 20 nitrogen and oxygen atoms in total. The van der Waals surface area contributed by atoms with Gasteiger partial charge < -0.3 is 24.7 Å². The Kier molecular flexibility index (Phi) is 13.2. The van der Waals surface area contributed by atoms with Gasteiger partial charge in [0.2, 0.25) is 5.91 Å². The molecule has 0 radical (unpaired) electrons. The Morgan fingerprint density at radius 3 is 1.97 bits per heavy atom. The summed E-state index contributed by atoms with van der Waals surface area (Å²) in [6, 6.07) is 25.7. The van der Waals surface area contributed by atoms with E-state index in [2.05, 4.69) is 41.3 Å². The van der Waals surface area contributed by atoms with E-state index in [0.29, 0.717) is 22.4 Å². The fraction of sp³-hybridized carbons (Fsp3) is 0.0789. The molecular formula is C38H32N8O12S3. The van der Waals surface area contributed by atoms with E-state index in [1.807, 2.05) is 0 Å². The first-order chi connectivity index (χ1) is 29.0. The molecule has 0 aromatic heterocycles.